The Bertz CT molecular complexity index is 586. The maximum Gasteiger partial charge on any atom is 0.128 e. The minimum Gasteiger partial charge on any atom is -0.368 e. The number of hydrogen-bond donors (Lipinski definition) is 1. The zero-order chi connectivity index (χ0) is 15.8. The molecule has 1 fully saturated rings. The predicted molar refractivity (Wildman–Crippen MR) is 92.9 cm³/mol. The van der Waals surface area contributed by atoms with Gasteiger partial charge in [0.1, 0.15) is 5.82 Å². The number of hydrogen-bond acceptors (Lipinski definition) is 4. The Labute approximate surface area is 132 Å². The second-order valence-electron chi connectivity index (χ2n) is 5.04. The molecule has 1 aliphatic rings. The fourth-order valence-electron chi connectivity index (χ4n) is 2.61. The summed E-state index contributed by atoms with van der Waals surface area (Å²) < 4.78 is 0. The van der Waals surface area contributed by atoms with Crippen molar-refractivity contribution in [1.29, 1.82) is 0 Å². The number of anilines is 2. The lowest BCUT2D eigenvalue weighted by atomic mass is 10.1. The first-order chi connectivity index (χ1) is 10.9. The number of benzene rings is 1. The highest BCUT2D eigenvalue weighted by Gasteiger charge is 2.18. The third-order valence-electron chi connectivity index (χ3n) is 3.76. The lowest BCUT2D eigenvalue weighted by Crippen LogP contribution is -2.46. The van der Waals surface area contributed by atoms with Gasteiger partial charge in [-0.1, -0.05) is 18.2 Å². The zero-order valence-electron chi connectivity index (χ0n) is 12.7. The van der Waals surface area contributed by atoms with Gasteiger partial charge in [0.25, 0.3) is 0 Å². The predicted octanol–water partition coefficient (Wildman–Crippen LogP) is 2.12. The Morgan fingerprint density at radius 2 is 1.68 bits per heavy atom. The number of piperazine rings is 1. The maximum atomic E-state index is 5.71. The highest BCUT2D eigenvalue weighted by Crippen LogP contribution is 2.20. The van der Waals surface area contributed by atoms with Crippen molar-refractivity contribution >= 4 is 11.5 Å². The van der Waals surface area contributed by atoms with Crippen LogP contribution in [0.2, 0.25) is 0 Å². The van der Waals surface area contributed by atoms with Crippen LogP contribution in [0, 0.1) is 12.8 Å². The third-order valence-corrected chi connectivity index (χ3v) is 3.76. The van der Waals surface area contributed by atoms with Crippen molar-refractivity contribution in [2.45, 2.75) is 6.54 Å². The summed E-state index contributed by atoms with van der Waals surface area (Å²) in [6, 6.07) is 14.6. The van der Waals surface area contributed by atoms with Crippen molar-refractivity contribution in [2.24, 2.45) is 5.73 Å². The van der Waals surface area contributed by atoms with Gasteiger partial charge in [-0.2, -0.15) is 0 Å². The highest BCUT2D eigenvalue weighted by molar-refractivity contribution is 5.51. The molecule has 3 rings (SSSR count). The van der Waals surface area contributed by atoms with Crippen LogP contribution in [0.5, 0.6) is 0 Å². The molecule has 1 aromatic heterocycles. The molecule has 1 saturated heterocycles. The van der Waals surface area contributed by atoms with E-state index in [4.69, 9.17) is 5.73 Å². The molecule has 2 heterocycles. The summed E-state index contributed by atoms with van der Waals surface area (Å²) >= 11 is 0. The minimum atomic E-state index is 0.599. The van der Waals surface area contributed by atoms with Crippen LogP contribution in [-0.2, 0) is 6.54 Å². The fourth-order valence-corrected chi connectivity index (χ4v) is 2.61. The van der Waals surface area contributed by atoms with Gasteiger partial charge in [0.15, 0.2) is 0 Å². The van der Waals surface area contributed by atoms with E-state index in [1.54, 1.807) is 0 Å². The van der Waals surface area contributed by atoms with Gasteiger partial charge in [-0.3, -0.25) is 0 Å². The Morgan fingerprint density at radius 3 is 2.32 bits per heavy atom. The van der Waals surface area contributed by atoms with E-state index < -0.39 is 0 Å². The van der Waals surface area contributed by atoms with Gasteiger partial charge >= 0.3 is 0 Å². The normalized spacial score (nSPS) is 14.1. The fraction of sp³-hybridized carbons (Fsp3) is 0.278. The monoisotopic (exact) mass is 294 g/mol. The number of nitrogens with zero attached hydrogens (tertiary/aromatic N) is 3. The van der Waals surface area contributed by atoms with E-state index in [0.717, 1.165) is 32.0 Å². The summed E-state index contributed by atoms with van der Waals surface area (Å²) in [6.07, 6.45) is 9.85. The molecule has 4 nitrogen and oxygen atoms in total. The lowest BCUT2D eigenvalue weighted by molar-refractivity contribution is 0.647. The number of nitrogens with two attached hydrogens (primary N) is 1. The molecule has 0 atom stereocenters. The number of aromatic nitrogens is 1. The van der Waals surface area contributed by atoms with Crippen molar-refractivity contribution in [2.75, 3.05) is 36.0 Å². The molecule has 2 N–H and O–H groups in total. The number of rotatable bonds is 3. The van der Waals surface area contributed by atoms with E-state index in [1.165, 1.54) is 11.3 Å². The minimum absolute atomic E-state index is 0.599. The molecule has 1 aromatic carbocycles. The van der Waals surface area contributed by atoms with E-state index in [-0.39, 0.29) is 0 Å². The molecule has 1 aliphatic heterocycles. The maximum absolute atomic E-state index is 5.71. The Morgan fingerprint density at radius 1 is 0.955 bits per heavy atom. The Balaban J connectivity index is 0.000000847. The first-order valence-corrected chi connectivity index (χ1v) is 7.40. The van der Waals surface area contributed by atoms with Crippen molar-refractivity contribution in [1.82, 2.24) is 4.98 Å². The van der Waals surface area contributed by atoms with Crippen molar-refractivity contribution in [3.63, 3.8) is 0 Å². The molecule has 0 aliphatic carbocycles. The van der Waals surface area contributed by atoms with Gasteiger partial charge in [0.05, 0.1) is 0 Å². The van der Waals surface area contributed by atoms with E-state index in [0.29, 0.717) is 6.54 Å². The largest absolute Gasteiger partial charge is 0.368 e. The topological polar surface area (TPSA) is 45.4 Å². The van der Waals surface area contributed by atoms with Gasteiger partial charge < -0.3 is 15.5 Å². The van der Waals surface area contributed by atoms with Crippen molar-refractivity contribution < 1.29 is 0 Å². The second kappa shape index (κ2) is 8.06. The molecule has 0 spiro atoms. The molecule has 114 valence electrons. The molecule has 0 radical (unpaired) electrons. The summed E-state index contributed by atoms with van der Waals surface area (Å²) in [5.74, 6) is 1.07. The molecular formula is C18H22N4. The average Bonchev–Trinajstić information content (AvgIpc) is 2.64. The molecule has 22 heavy (non-hydrogen) atoms. The molecule has 0 saturated carbocycles. The Kier molecular flexibility index (Phi) is 5.81. The van der Waals surface area contributed by atoms with Crippen LogP contribution in [-0.4, -0.2) is 31.2 Å². The number of pyridine rings is 1. The molecule has 0 amide bonds. The summed E-state index contributed by atoms with van der Waals surface area (Å²) in [6.45, 7) is 4.64. The van der Waals surface area contributed by atoms with E-state index in [1.807, 2.05) is 18.3 Å². The first-order valence-electron chi connectivity index (χ1n) is 7.40. The molecule has 0 unspecified atom stereocenters. The van der Waals surface area contributed by atoms with E-state index >= 15 is 0 Å². The van der Waals surface area contributed by atoms with Gasteiger partial charge in [-0.15, -0.1) is 12.8 Å². The van der Waals surface area contributed by atoms with Gasteiger partial charge in [-0.25, -0.2) is 4.98 Å². The van der Waals surface area contributed by atoms with Gasteiger partial charge in [-0.05, 0) is 29.8 Å². The molecule has 0 bridgehead atoms. The van der Waals surface area contributed by atoms with Gasteiger partial charge in [0.2, 0.25) is 0 Å². The lowest BCUT2D eigenvalue weighted by Gasteiger charge is -2.36. The quantitative estimate of drug-likeness (QED) is 0.881. The van der Waals surface area contributed by atoms with Crippen molar-refractivity contribution in [3.8, 4) is 12.8 Å². The third kappa shape index (κ3) is 3.78. The molecule has 4 heteroatoms. The van der Waals surface area contributed by atoms with Crippen LogP contribution in [0.4, 0.5) is 11.5 Å². The van der Waals surface area contributed by atoms with Crippen LogP contribution in [0.15, 0.2) is 48.7 Å². The average molecular weight is 294 g/mol. The second-order valence-corrected chi connectivity index (χ2v) is 5.04. The molecular weight excluding hydrogens is 272 g/mol. The van der Waals surface area contributed by atoms with Crippen molar-refractivity contribution in [3.05, 3.63) is 54.2 Å². The molecule has 2 aromatic rings. The smallest absolute Gasteiger partial charge is 0.128 e. The zero-order valence-corrected chi connectivity index (χ0v) is 12.7. The van der Waals surface area contributed by atoms with Crippen LogP contribution < -0.4 is 15.5 Å². The van der Waals surface area contributed by atoms with Crippen LogP contribution in [0.3, 0.4) is 0 Å². The summed E-state index contributed by atoms with van der Waals surface area (Å²) in [5.41, 5.74) is 8.17. The van der Waals surface area contributed by atoms with E-state index in [2.05, 4.69) is 58.0 Å². The van der Waals surface area contributed by atoms with Crippen LogP contribution in [0.25, 0.3) is 0 Å². The number of terminal acetylenes is 1. The SMILES string of the molecule is C#C.NCc1cccc(N2CCN(c3ccccn3)CC2)c1. The Hall–Kier alpha value is -2.51. The van der Waals surface area contributed by atoms with Crippen LogP contribution >= 0.6 is 0 Å². The summed E-state index contributed by atoms with van der Waals surface area (Å²) in [7, 11) is 0. The highest BCUT2D eigenvalue weighted by atomic mass is 15.3. The van der Waals surface area contributed by atoms with E-state index in [9.17, 15) is 0 Å². The van der Waals surface area contributed by atoms with Gasteiger partial charge in [0, 0.05) is 44.6 Å². The summed E-state index contributed by atoms with van der Waals surface area (Å²) in [4.78, 5) is 9.17. The van der Waals surface area contributed by atoms with Crippen LogP contribution in [0.1, 0.15) is 5.56 Å². The summed E-state index contributed by atoms with van der Waals surface area (Å²) in [5, 5.41) is 0. The standard InChI is InChI=1S/C16H20N4.C2H2/c17-13-14-4-3-5-15(12-14)19-8-10-20(11-9-19)16-6-1-2-7-18-16;1-2/h1-7,12H,8-11,13,17H2;1-2H. The first kappa shape index (κ1) is 15.9.